The van der Waals surface area contributed by atoms with Crippen molar-refractivity contribution in [2.45, 2.75) is 59.4 Å². The SMILES string of the molecule is CC[C@H](C)/C(CO)=N/NC(=O)NCC1CCC(C(=O)NCc2ccc(C)cc2)CC1. The molecule has 1 aliphatic carbocycles. The number of rotatable bonds is 9. The fourth-order valence-electron chi connectivity index (χ4n) is 3.60. The van der Waals surface area contributed by atoms with E-state index >= 15 is 0 Å². The molecule has 2 rings (SSSR count). The maximum absolute atomic E-state index is 12.4. The molecule has 4 N–H and O–H groups in total. The van der Waals surface area contributed by atoms with E-state index in [-0.39, 0.29) is 30.4 Å². The van der Waals surface area contributed by atoms with Crippen LogP contribution in [0.2, 0.25) is 0 Å². The zero-order valence-corrected chi connectivity index (χ0v) is 18.4. The number of aliphatic hydroxyl groups excluding tert-OH is 1. The number of nitrogens with zero attached hydrogens (tertiary/aromatic N) is 1. The van der Waals surface area contributed by atoms with E-state index in [1.807, 2.05) is 32.9 Å². The summed E-state index contributed by atoms with van der Waals surface area (Å²) in [5.41, 5.74) is 5.36. The summed E-state index contributed by atoms with van der Waals surface area (Å²) in [6.07, 6.45) is 4.37. The van der Waals surface area contributed by atoms with Gasteiger partial charge in [-0.05, 0) is 56.4 Å². The van der Waals surface area contributed by atoms with E-state index in [0.717, 1.165) is 37.7 Å². The Bertz CT molecular complexity index is 710. The molecule has 1 atom stereocenters. The quantitative estimate of drug-likeness (QED) is 0.367. The molecule has 166 valence electrons. The minimum Gasteiger partial charge on any atom is -0.390 e. The molecule has 0 unspecified atom stereocenters. The highest BCUT2D eigenvalue weighted by Crippen LogP contribution is 2.28. The van der Waals surface area contributed by atoms with Gasteiger partial charge in [0.25, 0.3) is 0 Å². The normalized spacial score (nSPS) is 20.3. The van der Waals surface area contributed by atoms with Crippen LogP contribution in [-0.4, -0.2) is 35.9 Å². The lowest BCUT2D eigenvalue weighted by Gasteiger charge is -2.27. The Morgan fingerprint density at radius 2 is 1.80 bits per heavy atom. The van der Waals surface area contributed by atoms with Crippen molar-refractivity contribution in [1.82, 2.24) is 16.1 Å². The van der Waals surface area contributed by atoms with Gasteiger partial charge in [0.1, 0.15) is 0 Å². The van der Waals surface area contributed by atoms with Gasteiger partial charge in [0.15, 0.2) is 0 Å². The van der Waals surface area contributed by atoms with Crippen molar-refractivity contribution in [3.63, 3.8) is 0 Å². The van der Waals surface area contributed by atoms with Crippen molar-refractivity contribution in [3.05, 3.63) is 35.4 Å². The average molecular weight is 417 g/mol. The Kier molecular flexibility index (Phi) is 9.80. The first-order valence-electron chi connectivity index (χ1n) is 11.0. The second-order valence-electron chi connectivity index (χ2n) is 8.31. The van der Waals surface area contributed by atoms with Gasteiger partial charge >= 0.3 is 6.03 Å². The molecule has 1 saturated carbocycles. The summed E-state index contributed by atoms with van der Waals surface area (Å²) in [6.45, 7) is 6.99. The number of hydrogen-bond acceptors (Lipinski definition) is 4. The molecule has 7 nitrogen and oxygen atoms in total. The first-order valence-corrected chi connectivity index (χ1v) is 11.0. The molecule has 1 aromatic carbocycles. The van der Waals surface area contributed by atoms with Crippen LogP contribution in [-0.2, 0) is 11.3 Å². The van der Waals surface area contributed by atoms with Gasteiger partial charge in [0, 0.05) is 19.0 Å². The van der Waals surface area contributed by atoms with Crippen LogP contribution in [0.15, 0.2) is 29.4 Å². The number of aliphatic hydroxyl groups is 1. The standard InChI is InChI=1S/C23H36N4O3/c1-4-17(3)21(15-28)26-27-23(30)25-14-19-9-11-20(12-10-19)22(29)24-13-18-7-5-16(2)6-8-18/h5-8,17,19-20,28H,4,9-15H2,1-3H3,(H,24,29)(H2,25,27,30)/b26-21+/t17-,19?,20?/m0/s1. The molecule has 0 aliphatic heterocycles. The Balaban J connectivity index is 1.66. The molecule has 0 saturated heterocycles. The smallest absolute Gasteiger partial charge is 0.335 e. The molecule has 0 radical (unpaired) electrons. The van der Waals surface area contributed by atoms with Crippen molar-refractivity contribution in [2.75, 3.05) is 13.2 Å². The Morgan fingerprint density at radius 3 is 2.40 bits per heavy atom. The van der Waals surface area contributed by atoms with Gasteiger partial charge in [-0.25, -0.2) is 10.2 Å². The van der Waals surface area contributed by atoms with Crippen LogP contribution in [0, 0.1) is 24.7 Å². The van der Waals surface area contributed by atoms with Gasteiger partial charge < -0.3 is 15.7 Å². The third kappa shape index (κ3) is 7.78. The number of aryl methyl sites for hydroxylation is 1. The average Bonchev–Trinajstić information content (AvgIpc) is 2.77. The molecule has 7 heteroatoms. The molecular weight excluding hydrogens is 380 g/mol. The Labute approximate surface area is 179 Å². The van der Waals surface area contributed by atoms with Crippen LogP contribution in [0.4, 0.5) is 4.79 Å². The van der Waals surface area contributed by atoms with Crippen molar-refractivity contribution in [1.29, 1.82) is 0 Å². The van der Waals surface area contributed by atoms with E-state index in [9.17, 15) is 14.7 Å². The van der Waals surface area contributed by atoms with Gasteiger partial charge in [-0.15, -0.1) is 0 Å². The summed E-state index contributed by atoms with van der Waals surface area (Å²) in [4.78, 5) is 24.4. The first kappa shape index (κ1) is 23.9. The fraction of sp³-hybridized carbons (Fsp3) is 0.609. The maximum Gasteiger partial charge on any atom is 0.335 e. The van der Waals surface area contributed by atoms with E-state index in [1.165, 1.54) is 5.56 Å². The summed E-state index contributed by atoms with van der Waals surface area (Å²) >= 11 is 0. The predicted octanol–water partition coefficient (Wildman–Crippen LogP) is 3.11. The molecule has 0 spiro atoms. The van der Waals surface area contributed by atoms with Gasteiger partial charge in [-0.1, -0.05) is 43.7 Å². The van der Waals surface area contributed by atoms with Crippen molar-refractivity contribution in [2.24, 2.45) is 22.9 Å². The minimum absolute atomic E-state index is 0.0489. The second-order valence-corrected chi connectivity index (χ2v) is 8.31. The van der Waals surface area contributed by atoms with Gasteiger partial charge in [-0.2, -0.15) is 5.10 Å². The molecule has 0 bridgehead atoms. The number of nitrogens with one attached hydrogen (secondary N) is 3. The Morgan fingerprint density at radius 1 is 1.13 bits per heavy atom. The number of hydrazone groups is 1. The van der Waals surface area contributed by atoms with Crippen LogP contribution in [0.25, 0.3) is 0 Å². The molecule has 1 aliphatic rings. The number of carbonyl (C=O) groups is 2. The summed E-state index contributed by atoms with van der Waals surface area (Å²) in [7, 11) is 0. The van der Waals surface area contributed by atoms with Gasteiger partial charge in [0.05, 0.1) is 12.3 Å². The Hall–Kier alpha value is -2.41. The third-order valence-corrected chi connectivity index (χ3v) is 6.00. The van der Waals surface area contributed by atoms with Gasteiger partial charge in [0.2, 0.25) is 5.91 Å². The number of benzene rings is 1. The van der Waals surface area contributed by atoms with E-state index < -0.39 is 0 Å². The molecule has 0 aromatic heterocycles. The predicted molar refractivity (Wildman–Crippen MR) is 119 cm³/mol. The highest BCUT2D eigenvalue weighted by Gasteiger charge is 2.26. The van der Waals surface area contributed by atoms with Crippen LogP contribution in [0.5, 0.6) is 0 Å². The van der Waals surface area contributed by atoms with Gasteiger partial charge in [-0.3, -0.25) is 4.79 Å². The van der Waals surface area contributed by atoms with E-state index in [0.29, 0.717) is 24.7 Å². The lowest BCUT2D eigenvalue weighted by molar-refractivity contribution is -0.126. The monoisotopic (exact) mass is 416 g/mol. The molecule has 30 heavy (non-hydrogen) atoms. The first-order chi connectivity index (χ1) is 14.4. The van der Waals surface area contributed by atoms with Crippen LogP contribution < -0.4 is 16.1 Å². The molecule has 3 amide bonds. The van der Waals surface area contributed by atoms with Crippen molar-refractivity contribution < 1.29 is 14.7 Å². The minimum atomic E-state index is -0.359. The number of hydrogen-bond donors (Lipinski definition) is 4. The van der Waals surface area contributed by atoms with Crippen molar-refractivity contribution >= 4 is 17.6 Å². The van der Waals surface area contributed by atoms with E-state index in [1.54, 1.807) is 0 Å². The zero-order valence-electron chi connectivity index (χ0n) is 18.4. The summed E-state index contributed by atoms with van der Waals surface area (Å²) in [6, 6.07) is 7.83. The summed E-state index contributed by atoms with van der Waals surface area (Å²) in [5, 5.41) is 19.2. The molecular formula is C23H36N4O3. The lowest BCUT2D eigenvalue weighted by Crippen LogP contribution is -2.39. The van der Waals surface area contributed by atoms with E-state index in [2.05, 4.69) is 33.3 Å². The second kappa shape index (κ2) is 12.3. The van der Waals surface area contributed by atoms with Crippen LogP contribution in [0.3, 0.4) is 0 Å². The lowest BCUT2D eigenvalue weighted by atomic mass is 9.81. The number of urea groups is 1. The maximum atomic E-state index is 12.4. The van der Waals surface area contributed by atoms with Crippen LogP contribution in [0.1, 0.15) is 57.1 Å². The zero-order chi connectivity index (χ0) is 21.9. The largest absolute Gasteiger partial charge is 0.390 e. The van der Waals surface area contributed by atoms with E-state index in [4.69, 9.17) is 0 Å². The van der Waals surface area contributed by atoms with Crippen LogP contribution >= 0.6 is 0 Å². The number of amides is 3. The third-order valence-electron chi connectivity index (χ3n) is 6.00. The fourth-order valence-corrected chi connectivity index (χ4v) is 3.60. The molecule has 0 heterocycles. The summed E-state index contributed by atoms with van der Waals surface area (Å²) in [5.74, 6) is 0.666. The number of carbonyl (C=O) groups excluding carboxylic acids is 2. The highest BCUT2D eigenvalue weighted by atomic mass is 16.3. The highest BCUT2D eigenvalue weighted by molar-refractivity contribution is 5.88. The molecule has 1 fully saturated rings. The topological polar surface area (TPSA) is 103 Å². The summed E-state index contributed by atoms with van der Waals surface area (Å²) < 4.78 is 0. The van der Waals surface area contributed by atoms with Crippen molar-refractivity contribution in [3.8, 4) is 0 Å². The molecule has 1 aromatic rings.